The minimum Gasteiger partial charge on any atom is -0.328 e. The van der Waals surface area contributed by atoms with Gasteiger partial charge >= 0.3 is 0 Å². The third kappa shape index (κ3) is 3.83. The Kier molecular flexibility index (Phi) is 4.65. The Morgan fingerprint density at radius 2 is 2.29 bits per heavy atom. The fourth-order valence-electron chi connectivity index (χ4n) is 1.95. The van der Waals surface area contributed by atoms with E-state index in [1.165, 1.54) is 10.5 Å². The molecule has 0 fully saturated rings. The Morgan fingerprint density at radius 3 is 3.00 bits per heavy atom. The summed E-state index contributed by atoms with van der Waals surface area (Å²) in [4.78, 5) is 1.36. The van der Waals surface area contributed by atoms with Crippen molar-refractivity contribution in [1.29, 1.82) is 0 Å². The largest absolute Gasteiger partial charge is 0.328 e. The summed E-state index contributed by atoms with van der Waals surface area (Å²) in [5.74, 6) is 1.54. The molecule has 0 spiro atoms. The zero-order valence-corrected chi connectivity index (χ0v) is 11.7. The van der Waals surface area contributed by atoms with E-state index in [1.54, 1.807) is 0 Å². The topological polar surface area (TPSA) is 43.1 Å². The van der Waals surface area contributed by atoms with Crippen molar-refractivity contribution in [2.45, 2.75) is 36.0 Å². The average molecular weight is 269 g/mol. The van der Waals surface area contributed by atoms with E-state index in [1.807, 2.05) is 18.7 Å². The first kappa shape index (κ1) is 13.1. The number of thioether (sulfide) groups is 1. The van der Waals surface area contributed by atoms with Crippen LogP contribution in [-0.4, -0.2) is 27.0 Å². The van der Waals surface area contributed by atoms with Crippen LogP contribution in [-0.2, 0) is 17.2 Å². The zero-order valence-electron chi connectivity index (χ0n) is 10.1. The van der Waals surface area contributed by atoms with Crippen LogP contribution >= 0.6 is 11.8 Å². The molecular formula is C13H19NOS2. The van der Waals surface area contributed by atoms with Crippen LogP contribution in [0.4, 0.5) is 0 Å². The maximum absolute atomic E-state index is 11.9. The number of hydrogen-bond donors (Lipinski definition) is 1. The van der Waals surface area contributed by atoms with Gasteiger partial charge in [0.05, 0.1) is 0 Å². The van der Waals surface area contributed by atoms with Gasteiger partial charge in [-0.05, 0) is 31.4 Å². The summed E-state index contributed by atoms with van der Waals surface area (Å²) in [6.07, 6.45) is 1.92. The van der Waals surface area contributed by atoms with Crippen LogP contribution in [0.15, 0.2) is 29.2 Å². The van der Waals surface area contributed by atoms with Crippen LogP contribution in [0.3, 0.4) is 0 Å². The Labute approximate surface area is 110 Å². The van der Waals surface area contributed by atoms with Gasteiger partial charge in [-0.3, -0.25) is 4.21 Å². The molecule has 0 aliphatic carbocycles. The molecule has 2 nitrogen and oxygen atoms in total. The Bertz CT molecular complexity index is 381. The van der Waals surface area contributed by atoms with E-state index in [2.05, 4.69) is 24.3 Å². The molecule has 1 heterocycles. The highest BCUT2D eigenvalue weighted by atomic mass is 32.2. The normalized spacial score (nSPS) is 22.1. The van der Waals surface area contributed by atoms with Crippen molar-refractivity contribution in [2.24, 2.45) is 5.73 Å². The molecule has 2 N–H and O–H groups in total. The van der Waals surface area contributed by atoms with Crippen LogP contribution in [0, 0.1) is 0 Å². The van der Waals surface area contributed by atoms with Gasteiger partial charge in [0.15, 0.2) is 0 Å². The number of hydrogen-bond acceptors (Lipinski definition) is 3. The summed E-state index contributed by atoms with van der Waals surface area (Å²) in [6, 6.07) is 8.64. The molecule has 1 aliphatic rings. The van der Waals surface area contributed by atoms with Crippen molar-refractivity contribution in [3.05, 3.63) is 29.8 Å². The minimum atomic E-state index is -0.720. The Hall–Kier alpha value is -0.320. The second-order valence-corrected chi connectivity index (χ2v) is 7.59. The summed E-state index contributed by atoms with van der Waals surface area (Å²) in [6.45, 7) is 1.97. The van der Waals surface area contributed by atoms with Crippen LogP contribution in [0.2, 0.25) is 0 Å². The SMILES string of the molecule is CC(N)CCS(=O)CC1Cc2ccccc2S1. The highest BCUT2D eigenvalue weighted by Gasteiger charge is 2.23. The summed E-state index contributed by atoms with van der Waals surface area (Å²) < 4.78 is 11.9. The highest BCUT2D eigenvalue weighted by molar-refractivity contribution is 8.01. The van der Waals surface area contributed by atoms with E-state index in [4.69, 9.17) is 5.73 Å². The Morgan fingerprint density at radius 1 is 1.53 bits per heavy atom. The lowest BCUT2D eigenvalue weighted by Gasteiger charge is -2.09. The average Bonchev–Trinajstić information content (AvgIpc) is 2.68. The van der Waals surface area contributed by atoms with Gasteiger partial charge in [0.25, 0.3) is 0 Å². The molecule has 2 rings (SSSR count). The number of rotatable bonds is 5. The van der Waals surface area contributed by atoms with E-state index in [0.717, 1.165) is 24.3 Å². The maximum atomic E-state index is 11.9. The fourth-order valence-corrected chi connectivity index (χ4v) is 5.10. The predicted octanol–water partition coefficient (Wildman–Crippen LogP) is 2.19. The van der Waals surface area contributed by atoms with E-state index < -0.39 is 10.8 Å². The second kappa shape index (κ2) is 6.03. The summed E-state index contributed by atoms with van der Waals surface area (Å²) in [5, 5.41) is 0.487. The Balaban J connectivity index is 1.81. The molecule has 0 bridgehead atoms. The molecule has 3 unspecified atom stereocenters. The third-order valence-corrected chi connectivity index (χ3v) is 5.88. The van der Waals surface area contributed by atoms with Crippen molar-refractivity contribution in [3.8, 4) is 0 Å². The molecule has 0 aromatic heterocycles. The van der Waals surface area contributed by atoms with E-state index in [9.17, 15) is 4.21 Å². The minimum absolute atomic E-state index is 0.160. The first-order valence-corrected chi connectivity index (χ1v) is 8.37. The van der Waals surface area contributed by atoms with Gasteiger partial charge < -0.3 is 5.73 Å². The van der Waals surface area contributed by atoms with Gasteiger partial charge in [-0.2, -0.15) is 0 Å². The van der Waals surface area contributed by atoms with E-state index in [0.29, 0.717) is 5.25 Å². The molecule has 1 aliphatic heterocycles. The first-order valence-electron chi connectivity index (χ1n) is 6.00. The zero-order chi connectivity index (χ0) is 12.3. The molecule has 0 saturated heterocycles. The van der Waals surface area contributed by atoms with Crippen molar-refractivity contribution in [1.82, 2.24) is 0 Å². The fraction of sp³-hybridized carbons (Fsp3) is 0.538. The van der Waals surface area contributed by atoms with Gasteiger partial charge in [-0.25, -0.2) is 0 Å². The van der Waals surface area contributed by atoms with Crippen LogP contribution in [0.5, 0.6) is 0 Å². The van der Waals surface area contributed by atoms with E-state index in [-0.39, 0.29) is 6.04 Å². The van der Waals surface area contributed by atoms with Crippen molar-refractivity contribution in [3.63, 3.8) is 0 Å². The van der Waals surface area contributed by atoms with Crippen LogP contribution in [0.1, 0.15) is 18.9 Å². The summed E-state index contributed by atoms with van der Waals surface area (Å²) >= 11 is 1.87. The molecular weight excluding hydrogens is 250 g/mol. The van der Waals surface area contributed by atoms with Gasteiger partial charge in [0.2, 0.25) is 0 Å². The van der Waals surface area contributed by atoms with Gasteiger partial charge in [0, 0.05) is 38.5 Å². The molecule has 0 radical (unpaired) electrons. The summed E-state index contributed by atoms with van der Waals surface area (Å²) in [5.41, 5.74) is 7.09. The smallest absolute Gasteiger partial charge is 0.0360 e. The number of fused-ring (bicyclic) bond motifs is 1. The van der Waals surface area contributed by atoms with Crippen molar-refractivity contribution < 1.29 is 4.21 Å². The quantitative estimate of drug-likeness (QED) is 0.891. The first-order chi connectivity index (χ1) is 8.15. The van der Waals surface area contributed by atoms with E-state index >= 15 is 0 Å². The monoisotopic (exact) mass is 269 g/mol. The predicted molar refractivity (Wildman–Crippen MR) is 75.9 cm³/mol. The van der Waals surface area contributed by atoms with Gasteiger partial charge in [-0.15, -0.1) is 11.8 Å². The molecule has 94 valence electrons. The second-order valence-electron chi connectivity index (χ2n) is 4.63. The highest BCUT2D eigenvalue weighted by Crippen LogP contribution is 2.36. The molecule has 0 amide bonds. The molecule has 0 saturated carbocycles. The van der Waals surface area contributed by atoms with Crippen molar-refractivity contribution in [2.75, 3.05) is 11.5 Å². The maximum Gasteiger partial charge on any atom is 0.0360 e. The molecule has 4 heteroatoms. The molecule has 1 aromatic carbocycles. The number of benzene rings is 1. The van der Waals surface area contributed by atoms with Crippen LogP contribution < -0.4 is 5.73 Å². The lowest BCUT2D eigenvalue weighted by atomic mass is 10.1. The standard InChI is InChI=1S/C13H19NOS2/c1-10(14)6-7-17(15)9-12-8-11-4-2-3-5-13(11)16-12/h2-5,10,12H,6-9,14H2,1H3. The van der Waals surface area contributed by atoms with Crippen molar-refractivity contribution >= 4 is 22.6 Å². The van der Waals surface area contributed by atoms with Gasteiger partial charge in [0.1, 0.15) is 0 Å². The molecule has 17 heavy (non-hydrogen) atoms. The van der Waals surface area contributed by atoms with Crippen LogP contribution in [0.25, 0.3) is 0 Å². The molecule has 1 aromatic rings. The summed E-state index contributed by atoms with van der Waals surface area (Å²) in [7, 11) is -0.720. The lowest BCUT2D eigenvalue weighted by molar-refractivity contribution is 0.666. The lowest BCUT2D eigenvalue weighted by Crippen LogP contribution is -2.21. The number of nitrogens with two attached hydrogens (primary N) is 1. The third-order valence-electron chi connectivity index (χ3n) is 2.89. The van der Waals surface area contributed by atoms with Gasteiger partial charge in [-0.1, -0.05) is 18.2 Å². The molecule has 3 atom stereocenters.